The molecule has 1 aromatic carbocycles. The average molecular weight is 432 g/mol. The van der Waals surface area contributed by atoms with Crippen LogP contribution >= 0.6 is 0 Å². The zero-order valence-corrected chi connectivity index (χ0v) is 19.8. The maximum Gasteiger partial charge on any atom is 0.191 e. The molecule has 0 aliphatic carbocycles. The Kier molecular flexibility index (Phi) is 9.43. The summed E-state index contributed by atoms with van der Waals surface area (Å²) >= 11 is 0. The zero-order chi connectivity index (χ0) is 22.1. The number of nitrogens with zero attached hydrogens (tertiary/aromatic N) is 3. The van der Waals surface area contributed by atoms with Crippen molar-refractivity contribution in [3.63, 3.8) is 0 Å². The van der Waals surface area contributed by atoms with Crippen molar-refractivity contribution in [3.05, 3.63) is 29.8 Å². The Balaban J connectivity index is 1.47. The minimum Gasteiger partial charge on any atom is -0.497 e. The van der Waals surface area contributed by atoms with Crippen LogP contribution in [0.1, 0.15) is 44.7 Å². The molecule has 2 saturated heterocycles. The SMILES string of the molecule is CN=C(NCCCN1CC(C)OC(C)C1)NCC(c1cccc(OC)c1)N1CCCC1. The van der Waals surface area contributed by atoms with E-state index < -0.39 is 0 Å². The third-order valence-electron chi connectivity index (χ3n) is 6.19. The van der Waals surface area contributed by atoms with E-state index in [1.165, 1.54) is 18.4 Å². The van der Waals surface area contributed by atoms with Crippen LogP contribution in [-0.4, -0.2) is 87.9 Å². The third kappa shape index (κ3) is 7.37. The van der Waals surface area contributed by atoms with Gasteiger partial charge in [-0.15, -0.1) is 0 Å². The first kappa shape index (κ1) is 23.8. The third-order valence-corrected chi connectivity index (χ3v) is 6.19. The first-order valence-corrected chi connectivity index (χ1v) is 11.8. The number of ether oxygens (including phenoxy) is 2. The van der Waals surface area contributed by atoms with Crippen molar-refractivity contribution in [2.24, 2.45) is 4.99 Å². The average Bonchev–Trinajstić information content (AvgIpc) is 3.29. The van der Waals surface area contributed by atoms with Crippen LogP contribution in [0.3, 0.4) is 0 Å². The lowest BCUT2D eigenvalue weighted by Gasteiger charge is -2.35. The van der Waals surface area contributed by atoms with Crippen LogP contribution < -0.4 is 15.4 Å². The van der Waals surface area contributed by atoms with Crippen molar-refractivity contribution in [2.45, 2.75) is 51.4 Å². The van der Waals surface area contributed by atoms with Gasteiger partial charge < -0.3 is 20.1 Å². The van der Waals surface area contributed by atoms with Gasteiger partial charge in [-0.05, 0) is 63.9 Å². The number of aliphatic imine (C=N–C) groups is 1. The highest BCUT2D eigenvalue weighted by Gasteiger charge is 2.24. The molecule has 2 heterocycles. The molecule has 174 valence electrons. The zero-order valence-electron chi connectivity index (χ0n) is 19.8. The Morgan fingerprint density at radius 2 is 1.94 bits per heavy atom. The van der Waals surface area contributed by atoms with Gasteiger partial charge in [-0.1, -0.05) is 12.1 Å². The number of benzene rings is 1. The molecule has 31 heavy (non-hydrogen) atoms. The maximum atomic E-state index is 5.83. The van der Waals surface area contributed by atoms with Crippen LogP contribution in [-0.2, 0) is 4.74 Å². The first-order valence-electron chi connectivity index (χ1n) is 11.8. The predicted octanol–water partition coefficient (Wildman–Crippen LogP) is 2.50. The monoisotopic (exact) mass is 431 g/mol. The van der Waals surface area contributed by atoms with E-state index in [-0.39, 0.29) is 0 Å². The highest BCUT2D eigenvalue weighted by atomic mass is 16.5. The van der Waals surface area contributed by atoms with Crippen molar-refractivity contribution in [1.29, 1.82) is 0 Å². The van der Waals surface area contributed by atoms with Gasteiger partial charge in [-0.25, -0.2) is 0 Å². The fourth-order valence-electron chi connectivity index (χ4n) is 4.75. The molecule has 3 unspecified atom stereocenters. The smallest absolute Gasteiger partial charge is 0.191 e. The number of rotatable bonds is 9. The minimum atomic E-state index is 0.312. The molecule has 0 aromatic heterocycles. The van der Waals surface area contributed by atoms with Gasteiger partial charge in [0.1, 0.15) is 5.75 Å². The lowest BCUT2D eigenvalue weighted by Crippen LogP contribution is -2.46. The van der Waals surface area contributed by atoms with Crippen molar-refractivity contribution >= 4 is 5.96 Å². The molecule has 2 N–H and O–H groups in total. The van der Waals surface area contributed by atoms with Gasteiger partial charge in [0.15, 0.2) is 5.96 Å². The molecule has 2 aliphatic heterocycles. The van der Waals surface area contributed by atoms with Crippen LogP contribution in [0.5, 0.6) is 5.75 Å². The summed E-state index contributed by atoms with van der Waals surface area (Å²) in [7, 11) is 3.57. The van der Waals surface area contributed by atoms with Crippen LogP contribution in [0.4, 0.5) is 0 Å². The van der Waals surface area contributed by atoms with E-state index >= 15 is 0 Å². The lowest BCUT2D eigenvalue weighted by molar-refractivity contribution is -0.0679. The molecular formula is C24H41N5O2. The number of methoxy groups -OCH3 is 1. The number of likely N-dealkylation sites (tertiary alicyclic amines) is 1. The Hall–Kier alpha value is -1.83. The van der Waals surface area contributed by atoms with E-state index in [4.69, 9.17) is 9.47 Å². The highest BCUT2D eigenvalue weighted by Crippen LogP contribution is 2.27. The number of morpholine rings is 1. The van der Waals surface area contributed by atoms with E-state index in [1.807, 2.05) is 13.1 Å². The van der Waals surface area contributed by atoms with Gasteiger partial charge in [0.25, 0.3) is 0 Å². The van der Waals surface area contributed by atoms with Gasteiger partial charge in [-0.2, -0.15) is 0 Å². The number of hydrogen-bond acceptors (Lipinski definition) is 5. The summed E-state index contributed by atoms with van der Waals surface area (Å²) in [5.74, 6) is 1.78. The Morgan fingerprint density at radius 1 is 1.19 bits per heavy atom. The van der Waals surface area contributed by atoms with Crippen LogP contribution in [0.2, 0.25) is 0 Å². The molecule has 3 atom stereocenters. The summed E-state index contributed by atoms with van der Waals surface area (Å²) in [6, 6.07) is 8.76. The second-order valence-electron chi connectivity index (χ2n) is 8.79. The van der Waals surface area contributed by atoms with E-state index in [9.17, 15) is 0 Å². The quantitative estimate of drug-likeness (QED) is 0.356. The van der Waals surface area contributed by atoms with Gasteiger partial charge in [0, 0.05) is 39.8 Å². The molecule has 0 amide bonds. The maximum absolute atomic E-state index is 5.83. The van der Waals surface area contributed by atoms with E-state index in [2.05, 4.69) is 57.5 Å². The molecule has 0 spiro atoms. The minimum absolute atomic E-state index is 0.312. The highest BCUT2D eigenvalue weighted by molar-refractivity contribution is 5.79. The largest absolute Gasteiger partial charge is 0.497 e. The summed E-state index contributed by atoms with van der Waals surface area (Å²) in [5.41, 5.74) is 1.29. The first-order chi connectivity index (χ1) is 15.1. The van der Waals surface area contributed by atoms with Crippen LogP contribution in [0.25, 0.3) is 0 Å². The predicted molar refractivity (Wildman–Crippen MR) is 127 cm³/mol. The van der Waals surface area contributed by atoms with Crippen molar-refractivity contribution in [2.75, 3.05) is 60.0 Å². The van der Waals surface area contributed by atoms with E-state index in [1.54, 1.807) is 7.11 Å². The number of nitrogens with one attached hydrogen (secondary N) is 2. The molecule has 3 rings (SSSR count). The summed E-state index contributed by atoms with van der Waals surface area (Å²) in [4.78, 5) is 9.51. The number of guanidine groups is 1. The lowest BCUT2D eigenvalue weighted by atomic mass is 10.1. The van der Waals surface area contributed by atoms with Gasteiger partial charge in [0.2, 0.25) is 0 Å². The molecule has 2 fully saturated rings. The Labute approximate surface area is 188 Å². The van der Waals surface area contributed by atoms with E-state index in [0.717, 1.165) is 63.9 Å². The van der Waals surface area contributed by atoms with Crippen LogP contribution in [0, 0.1) is 0 Å². The molecule has 0 saturated carbocycles. The second kappa shape index (κ2) is 12.3. The molecule has 0 bridgehead atoms. The van der Waals surface area contributed by atoms with Crippen molar-refractivity contribution < 1.29 is 9.47 Å². The molecule has 1 aromatic rings. The Bertz CT molecular complexity index is 682. The van der Waals surface area contributed by atoms with Gasteiger partial charge >= 0.3 is 0 Å². The molecule has 7 nitrogen and oxygen atoms in total. The van der Waals surface area contributed by atoms with Crippen molar-refractivity contribution in [1.82, 2.24) is 20.4 Å². The normalized spacial score (nSPS) is 24.2. The standard InChI is InChI=1S/C24H41N5O2/c1-19-17-28(18-20(2)31-19)12-8-11-26-24(25-3)27-16-23(29-13-5-6-14-29)21-9-7-10-22(15-21)30-4/h7,9-10,15,19-20,23H,5-6,8,11-14,16-18H2,1-4H3,(H2,25,26,27). The van der Waals surface area contributed by atoms with Crippen molar-refractivity contribution in [3.8, 4) is 5.75 Å². The summed E-state index contributed by atoms with van der Waals surface area (Å²) in [6.45, 7) is 11.5. The molecular weight excluding hydrogens is 390 g/mol. The topological polar surface area (TPSA) is 61.4 Å². The van der Waals surface area contributed by atoms with Gasteiger partial charge in [-0.3, -0.25) is 14.8 Å². The second-order valence-corrected chi connectivity index (χ2v) is 8.79. The number of hydrogen-bond donors (Lipinski definition) is 2. The summed E-state index contributed by atoms with van der Waals surface area (Å²) < 4.78 is 11.3. The molecule has 2 aliphatic rings. The molecule has 7 heteroatoms. The molecule has 0 radical (unpaired) electrons. The van der Waals surface area contributed by atoms with E-state index in [0.29, 0.717) is 18.2 Å². The Morgan fingerprint density at radius 3 is 2.61 bits per heavy atom. The van der Waals surface area contributed by atoms with Crippen LogP contribution in [0.15, 0.2) is 29.3 Å². The summed E-state index contributed by atoms with van der Waals surface area (Å²) in [5, 5.41) is 7.05. The fraction of sp³-hybridized carbons (Fsp3) is 0.708. The van der Waals surface area contributed by atoms with Gasteiger partial charge in [0.05, 0.1) is 25.4 Å². The fourth-order valence-corrected chi connectivity index (χ4v) is 4.75. The summed E-state index contributed by atoms with van der Waals surface area (Å²) in [6.07, 6.45) is 4.28.